The van der Waals surface area contributed by atoms with Crippen molar-refractivity contribution in [2.24, 2.45) is 5.73 Å². The van der Waals surface area contributed by atoms with Gasteiger partial charge in [-0.05, 0) is 17.4 Å². The lowest BCUT2D eigenvalue weighted by Gasteiger charge is -2.41. The number of hydroxylamine groups is 2. The third-order valence-corrected chi connectivity index (χ3v) is 2.35. The largest absolute Gasteiger partial charge is 0.318 e. The van der Waals surface area contributed by atoms with Crippen molar-refractivity contribution in [1.82, 2.24) is 25.7 Å². The normalized spacial score (nSPS) is 25.5. The molecule has 2 atom stereocenters. The summed E-state index contributed by atoms with van der Waals surface area (Å²) in [6.45, 7) is 2.18. The van der Waals surface area contributed by atoms with Gasteiger partial charge in [0.1, 0.15) is 6.04 Å². The lowest BCUT2D eigenvalue weighted by Crippen LogP contribution is -2.67. The first-order valence-electron chi connectivity index (χ1n) is 4.64. The number of aromatic nitrogens is 4. The van der Waals surface area contributed by atoms with E-state index in [1.165, 1.54) is 5.06 Å². The van der Waals surface area contributed by atoms with E-state index >= 15 is 0 Å². The molecule has 1 aliphatic heterocycles. The molecule has 1 aromatic rings. The van der Waals surface area contributed by atoms with Gasteiger partial charge in [-0.2, -0.15) is 0 Å². The van der Waals surface area contributed by atoms with Crippen molar-refractivity contribution in [2.45, 2.75) is 25.4 Å². The third kappa shape index (κ3) is 1.81. The molecular weight excluding hydrogens is 200 g/mol. The van der Waals surface area contributed by atoms with Crippen LogP contribution in [-0.2, 0) is 16.1 Å². The molecule has 2 heterocycles. The quantitative estimate of drug-likeness (QED) is 0.571. The Kier molecular flexibility index (Phi) is 2.60. The molecule has 8 heteroatoms. The standard InChI is InChI=1S/C7H12N6O2/c1-4-6(8)7(14)13(4)15-3-2-5-9-11-12-10-5/h4,6H,2-3,8H2,1H3,(H,9,10,11,12)/t4-,6-/m0/s1. The van der Waals surface area contributed by atoms with Crippen LogP contribution in [0.2, 0.25) is 0 Å². The minimum atomic E-state index is -0.433. The Morgan fingerprint density at radius 1 is 1.67 bits per heavy atom. The molecule has 1 fully saturated rings. The Labute approximate surface area is 85.7 Å². The molecule has 0 radical (unpaired) electrons. The van der Waals surface area contributed by atoms with Crippen LogP contribution in [0.4, 0.5) is 0 Å². The number of nitrogens with one attached hydrogen (secondary N) is 1. The summed E-state index contributed by atoms with van der Waals surface area (Å²) in [5.74, 6) is 0.443. The molecule has 3 N–H and O–H groups in total. The van der Waals surface area contributed by atoms with E-state index in [1.807, 2.05) is 6.92 Å². The summed E-state index contributed by atoms with van der Waals surface area (Å²) in [6, 6.07) is -0.498. The molecule has 1 amide bonds. The highest BCUT2D eigenvalue weighted by Crippen LogP contribution is 2.17. The van der Waals surface area contributed by atoms with E-state index < -0.39 is 6.04 Å². The van der Waals surface area contributed by atoms with Crippen molar-refractivity contribution in [3.63, 3.8) is 0 Å². The van der Waals surface area contributed by atoms with Gasteiger partial charge in [0.05, 0.1) is 12.6 Å². The van der Waals surface area contributed by atoms with E-state index in [0.717, 1.165) is 0 Å². The Morgan fingerprint density at radius 3 is 3.07 bits per heavy atom. The molecule has 0 saturated carbocycles. The first kappa shape index (κ1) is 9.99. The molecule has 82 valence electrons. The Morgan fingerprint density at radius 2 is 2.47 bits per heavy atom. The summed E-state index contributed by atoms with van der Waals surface area (Å²) in [5.41, 5.74) is 5.51. The molecule has 1 aliphatic rings. The number of hydrogen-bond donors (Lipinski definition) is 2. The number of hydrogen-bond acceptors (Lipinski definition) is 6. The van der Waals surface area contributed by atoms with Gasteiger partial charge in [-0.25, -0.2) is 10.2 Å². The Balaban J connectivity index is 1.73. The van der Waals surface area contributed by atoms with Gasteiger partial charge in [-0.15, -0.1) is 5.10 Å². The van der Waals surface area contributed by atoms with Crippen molar-refractivity contribution in [3.8, 4) is 0 Å². The number of carbonyl (C=O) groups is 1. The number of H-pyrrole nitrogens is 1. The van der Waals surface area contributed by atoms with E-state index in [-0.39, 0.29) is 11.9 Å². The minimum absolute atomic E-state index is 0.0645. The van der Waals surface area contributed by atoms with Crippen molar-refractivity contribution in [2.75, 3.05) is 6.61 Å². The molecule has 0 aromatic carbocycles. The zero-order chi connectivity index (χ0) is 10.8. The molecule has 0 spiro atoms. The Bertz CT molecular complexity index is 339. The number of nitrogens with two attached hydrogens (primary N) is 1. The smallest absolute Gasteiger partial charge is 0.265 e. The van der Waals surface area contributed by atoms with Crippen LogP contribution in [0.25, 0.3) is 0 Å². The highest BCUT2D eigenvalue weighted by atomic mass is 16.7. The van der Waals surface area contributed by atoms with Gasteiger partial charge in [0.15, 0.2) is 5.82 Å². The molecule has 8 nitrogen and oxygen atoms in total. The van der Waals surface area contributed by atoms with Gasteiger partial charge >= 0.3 is 0 Å². The van der Waals surface area contributed by atoms with Crippen LogP contribution in [0.1, 0.15) is 12.7 Å². The minimum Gasteiger partial charge on any atom is -0.318 e. The van der Waals surface area contributed by atoms with E-state index in [0.29, 0.717) is 18.9 Å². The van der Waals surface area contributed by atoms with Crippen LogP contribution in [0.5, 0.6) is 0 Å². The number of β-lactam (4-membered cyclic amide) rings is 1. The van der Waals surface area contributed by atoms with Crippen LogP contribution in [0.15, 0.2) is 0 Å². The highest BCUT2D eigenvalue weighted by Gasteiger charge is 2.43. The maximum atomic E-state index is 11.2. The molecule has 1 saturated heterocycles. The van der Waals surface area contributed by atoms with Gasteiger partial charge in [0.25, 0.3) is 5.91 Å². The monoisotopic (exact) mass is 212 g/mol. The van der Waals surface area contributed by atoms with Crippen molar-refractivity contribution in [1.29, 1.82) is 0 Å². The second-order valence-corrected chi connectivity index (χ2v) is 3.36. The fourth-order valence-corrected chi connectivity index (χ4v) is 1.32. The number of aromatic amines is 1. The fraction of sp³-hybridized carbons (Fsp3) is 0.714. The van der Waals surface area contributed by atoms with Gasteiger partial charge in [-0.1, -0.05) is 0 Å². The summed E-state index contributed by atoms with van der Waals surface area (Å²) in [5, 5.41) is 14.4. The van der Waals surface area contributed by atoms with Gasteiger partial charge in [-0.3, -0.25) is 9.63 Å². The molecule has 1 aromatic heterocycles. The van der Waals surface area contributed by atoms with Crippen molar-refractivity contribution >= 4 is 5.91 Å². The molecule has 0 aliphatic carbocycles. The zero-order valence-corrected chi connectivity index (χ0v) is 8.25. The molecule has 2 rings (SSSR count). The lowest BCUT2D eigenvalue weighted by atomic mass is 10.0. The second-order valence-electron chi connectivity index (χ2n) is 3.36. The topological polar surface area (TPSA) is 110 Å². The summed E-state index contributed by atoms with van der Waals surface area (Å²) in [6.07, 6.45) is 0.527. The highest BCUT2D eigenvalue weighted by molar-refractivity contribution is 5.87. The molecule has 15 heavy (non-hydrogen) atoms. The number of tetrazole rings is 1. The SMILES string of the molecule is C[C@H]1[C@H](N)C(=O)N1OCCc1nnn[nH]1. The first-order valence-corrected chi connectivity index (χ1v) is 4.64. The average Bonchev–Trinajstić information content (AvgIpc) is 2.75. The van der Waals surface area contributed by atoms with Crippen LogP contribution >= 0.6 is 0 Å². The van der Waals surface area contributed by atoms with Gasteiger partial charge in [0.2, 0.25) is 0 Å². The predicted octanol–water partition coefficient (Wildman–Crippen LogP) is -1.77. The molecule has 0 bridgehead atoms. The second kappa shape index (κ2) is 3.91. The van der Waals surface area contributed by atoms with Gasteiger partial charge < -0.3 is 5.73 Å². The number of amides is 1. The van der Waals surface area contributed by atoms with Crippen LogP contribution in [0.3, 0.4) is 0 Å². The van der Waals surface area contributed by atoms with E-state index in [4.69, 9.17) is 10.6 Å². The van der Waals surface area contributed by atoms with Crippen molar-refractivity contribution in [3.05, 3.63) is 5.82 Å². The summed E-state index contributed by atoms with van der Waals surface area (Å²) in [7, 11) is 0. The first-order chi connectivity index (χ1) is 7.20. The molecular formula is C7H12N6O2. The van der Waals surface area contributed by atoms with Crippen LogP contribution in [-0.4, -0.2) is 50.3 Å². The maximum absolute atomic E-state index is 11.2. The summed E-state index contributed by atoms with van der Waals surface area (Å²) in [4.78, 5) is 16.4. The van der Waals surface area contributed by atoms with Crippen LogP contribution < -0.4 is 5.73 Å². The summed E-state index contributed by atoms with van der Waals surface area (Å²) >= 11 is 0. The average molecular weight is 212 g/mol. The van der Waals surface area contributed by atoms with Crippen molar-refractivity contribution < 1.29 is 9.63 Å². The predicted molar refractivity (Wildman–Crippen MR) is 48.1 cm³/mol. The zero-order valence-electron chi connectivity index (χ0n) is 8.25. The summed E-state index contributed by atoms with van der Waals surface area (Å²) < 4.78 is 0. The fourth-order valence-electron chi connectivity index (χ4n) is 1.32. The van der Waals surface area contributed by atoms with E-state index in [9.17, 15) is 4.79 Å². The number of rotatable bonds is 4. The van der Waals surface area contributed by atoms with Crippen LogP contribution in [0, 0.1) is 0 Å². The van der Waals surface area contributed by atoms with Gasteiger partial charge in [0, 0.05) is 6.42 Å². The number of nitrogens with zero attached hydrogens (tertiary/aromatic N) is 4. The number of carbonyl (C=O) groups excluding carboxylic acids is 1. The maximum Gasteiger partial charge on any atom is 0.265 e. The van der Waals surface area contributed by atoms with E-state index in [2.05, 4.69) is 20.6 Å². The third-order valence-electron chi connectivity index (χ3n) is 2.35. The lowest BCUT2D eigenvalue weighted by molar-refractivity contribution is -0.229. The Hall–Kier alpha value is -1.54. The molecule has 0 unspecified atom stereocenters. The van der Waals surface area contributed by atoms with E-state index in [1.54, 1.807) is 0 Å².